The van der Waals surface area contributed by atoms with Gasteiger partial charge in [-0.05, 0) is 56.5 Å². The van der Waals surface area contributed by atoms with E-state index in [-0.39, 0.29) is 17.5 Å². The third-order valence-electron chi connectivity index (χ3n) is 3.74. The van der Waals surface area contributed by atoms with Gasteiger partial charge in [0, 0.05) is 6.04 Å². The van der Waals surface area contributed by atoms with Crippen LogP contribution in [0.25, 0.3) is 0 Å². The molecule has 0 radical (unpaired) electrons. The summed E-state index contributed by atoms with van der Waals surface area (Å²) in [5, 5.41) is 0. The molecule has 0 aliphatic rings. The molecular formula is C19H23NO4S. The van der Waals surface area contributed by atoms with Gasteiger partial charge < -0.3 is 4.74 Å². The van der Waals surface area contributed by atoms with E-state index in [1.807, 2.05) is 37.3 Å². The van der Waals surface area contributed by atoms with E-state index in [1.165, 1.54) is 29.8 Å². The van der Waals surface area contributed by atoms with Crippen LogP contribution in [0.1, 0.15) is 36.2 Å². The van der Waals surface area contributed by atoms with Crippen molar-refractivity contribution in [2.24, 2.45) is 0 Å². The van der Waals surface area contributed by atoms with Crippen LogP contribution in [0.2, 0.25) is 0 Å². The first-order valence-electron chi connectivity index (χ1n) is 8.26. The number of carbonyl (C=O) groups is 1. The van der Waals surface area contributed by atoms with Crippen LogP contribution in [-0.2, 0) is 21.2 Å². The van der Waals surface area contributed by atoms with Crippen LogP contribution in [0.15, 0.2) is 59.5 Å². The minimum Gasteiger partial charge on any atom is -0.462 e. The normalized spacial score (nSPS) is 12.6. The fourth-order valence-electron chi connectivity index (χ4n) is 2.40. The number of carbonyl (C=O) groups excluding carboxylic acids is 1. The molecule has 0 saturated carbocycles. The Morgan fingerprint density at radius 3 is 2.32 bits per heavy atom. The zero-order valence-electron chi connectivity index (χ0n) is 14.4. The maximum atomic E-state index is 12.4. The van der Waals surface area contributed by atoms with Gasteiger partial charge in [-0.15, -0.1) is 0 Å². The van der Waals surface area contributed by atoms with E-state index in [1.54, 1.807) is 6.92 Å². The molecule has 2 aromatic rings. The molecule has 134 valence electrons. The Kier molecular flexibility index (Phi) is 6.73. The van der Waals surface area contributed by atoms with Crippen LogP contribution in [0.4, 0.5) is 0 Å². The molecule has 25 heavy (non-hydrogen) atoms. The Morgan fingerprint density at radius 2 is 1.72 bits per heavy atom. The highest BCUT2D eigenvalue weighted by atomic mass is 32.2. The zero-order valence-corrected chi connectivity index (χ0v) is 15.3. The third kappa shape index (κ3) is 5.69. The maximum absolute atomic E-state index is 12.4. The molecule has 0 fully saturated rings. The molecule has 0 aromatic heterocycles. The Bertz CT molecular complexity index is 786. The van der Waals surface area contributed by atoms with Gasteiger partial charge in [0.2, 0.25) is 10.0 Å². The SMILES string of the molecule is CCOC(=O)c1ccc(S(=O)(=O)N[C@H](C)CCc2ccccc2)cc1. The summed E-state index contributed by atoms with van der Waals surface area (Å²) in [5.74, 6) is -0.462. The standard InChI is InChI=1S/C19H23NO4S/c1-3-24-19(21)17-11-13-18(14-12-17)25(22,23)20-15(2)9-10-16-7-5-4-6-8-16/h4-8,11-15,20H,3,9-10H2,1-2H3/t15-/m1/s1. The van der Waals surface area contributed by atoms with E-state index >= 15 is 0 Å². The van der Waals surface area contributed by atoms with Crippen LogP contribution >= 0.6 is 0 Å². The average molecular weight is 361 g/mol. The molecular weight excluding hydrogens is 338 g/mol. The third-order valence-corrected chi connectivity index (χ3v) is 5.35. The fourth-order valence-corrected chi connectivity index (χ4v) is 3.68. The molecule has 2 rings (SSSR count). The van der Waals surface area contributed by atoms with Crippen molar-refractivity contribution in [3.05, 3.63) is 65.7 Å². The smallest absolute Gasteiger partial charge is 0.338 e. The maximum Gasteiger partial charge on any atom is 0.338 e. The molecule has 2 aromatic carbocycles. The highest BCUT2D eigenvalue weighted by Crippen LogP contribution is 2.13. The summed E-state index contributed by atoms with van der Waals surface area (Å²) in [7, 11) is -3.62. The van der Waals surface area contributed by atoms with Crippen molar-refractivity contribution in [1.82, 2.24) is 4.72 Å². The molecule has 1 atom stereocenters. The largest absolute Gasteiger partial charge is 0.462 e. The van der Waals surface area contributed by atoms with E-state index in [9.17, 15) is 13.2 Å². The summed E-state index contributed by atoms with van der Waals surface area (Å²) in [5.41, 5.74) is 1.50. The number of rotatable bonds is 8. The first-order valence-corrected chi connectivity index (χ1v) is 9.74. The van der Waals surface area contributed by atoms with Gasteiger partial charge in [0.25, 0.3) is 0 Å². The topological polar surface area (TPSA) is 72.5 Å². The number of hydrogen-bond acceptors (Lipinski definition) is 4. The lowest BCUT2D eigenvalue weighted by Gasteiger charge is -2.14. The highest BCUT2D eigenvalue weighted by molar-refractivity contribution is 7.89. The molecule has 0 spiro atoms. The summed E-state index contributed by atoms with van der Waals surface area (Å²) < 4.78 is 32.4. The van der Waals surface area contributed by atoms with Gasteiger partial charge in [0.15, 0.2) is 0 Å². The van der Waals surface area contributed by atoms with Crippen molar-refractivity contribution in [3.8, 4) is 0 Å². The molecule has 0 saturated heterocycles. The average Bonchev–Trinajstić information content (AvgIpc) is 2.61. The van der Waals surface area contributed by atoms with E-state index in [0.29, 0.717) is 12.0 Å². The molecule has 0 bridgehead atoms. The zero-order chi connectivity index (χ0) is 18.3. The van der Waals surface area contributed by atoms with Crippen molar-refractivity contribution < 1.29 is 17.9 Å². The molecule has 1 N–H and O–H groups in total. The van der Waals surface area contributed by atoms with Gasteiger partial charge in [-0.3, -0.25) is 0 Å². The van der Waals surface area contributed by atoms with Gasteiger partial charge in [-0.1, -0.05) is 30.3 Å². The quantitative estimate of drug-likeness (QED) is 0.733. The second-order valence-corrected chi connectivity index (χ2v) is 7.51. The predicted molar refractivity (Wildman–Crippen MR) is 96.9 cm³/mol. The van der Waals surface area contributed by atoms with Gasteiger partial charge in [-0.25, -0.2) is 17.9 Å². The van der Waals surface area contributed by atoms with E-state index in [0.717, 1.165) is 6.42 Å². The summed E-state index contributed by atoms with van der Waals surface area (Å²) in [6.07, 6.45) is 1.50. The van der Waals surface area contributed by atoms with Gasteiger partial charge >= 0.3 is 5.97 Å². The number of hydrogen-bond donors (Lipinski definition) is 1. The van der Waals surface area contributed by atoms with Gasteiger partial charge in [0.1, 0.15) is 0 Å². The van der Waals surface area contributed by atoms with Crippen LogP contribution in [-0.4, -0.2) is 27.0 Å². The molecule has 6 heteroatoms. The number of ether oxygens (including phenoxy) is 1. The number of esters is 1. The van der Waals surface area contributed by atoms with E-state index in [2.05, 4.69) is 4.72 Å². The Morgan fingerprint density at radius 1 is 1.08 bits per heavy atom. The summed E-state index contributed by atoms with van der Waals surface area (Å²) in [6.45, 7) is 3.84. The molecule has 0 aliphatic heterocycles. The monoisotopic (exact) mass is 361 g/mol. The summed E-state index contributed by atoms with van der Waals surface area (Å²) in [4.78, 5) is 11.7. The van der Waals surface area contributed by atoms with Crippen LogP contribution in [0.5, 0.6) is 0 Å². The lowest BCUT2D eigenvalue weighted by molar-refractivity contribution is 0.0526. The van der Waals surface area contributed by atoms with Crippen molar-refractivity contribution in [1.29, 1.82) is 0 Å². The van der Waals surface area contributed by atoms with Crippen molar-refractivity contribution in [2.45, 2.75) is 37.6 Å². The van der Waals surface area contributed by atoms with Crippen LogP contribution in [0, 0.1) is 0 Å². The Labute approximate surface area is 149 Å². The Balaban J connectivity index is 1.97. The second kappa shape index (κ2) is 8.78. The van der Waals surface area contributed by atoms with Gasteiger partial charge in [-0.2, -0.15) is 0 Å². The van der Waals surface area contributed by atoms with Crippen LogP contribution in [0.3, 0.4) is 0 Å². The fraction of sp³-hybridized carbons (Fsp3) is 0.316. The molecule has 0 unspecified atom stereocenters. The molecule has 0 heterocycles. The second-order valence-electron chi connectivity index (χ2n) is 5.79. The molecule has 5 nitrogen and oxygen atoms in total. The first-order chi connectivity index (χ1) is 11.9. The number of nitrogens with one attached hydrogen (secondary N) is 1. The van der Waals surface area contributed by atoms with Gasteiger partial charge in [0.05, 0.1) is 17.1 Å². The molecule has 0 amide bonds. The lowest BCUT2D eigenvalue weighted by atomic mass is 10.1. The predicted octanol–water partition coefficient (Wildman–Crippen LogP) is 3.16. The summed E-state index contributed by atoms with van der Waals surface area (Å²) in [6, 6.07) is 15.5. The minimum atomic E-state index is -3.62. The van der Waals surface area contributed by atoms with Crippen molar-refractivity contribution >= 4 is 16.0 Å². The number of sulfonamides is 1. The summed E-state index contributed by atoms with van der Waals surface area (Å²) >= 11 is 0. The van der Waals surface area contributed by atoms with E-state index in [4.69, 9.17) is 4.74 Å². The first kappa shape index (κ1) is 19.1. The number of aryl methyl sites for hydroxylation is 1. The number of benzene rings is 2. The minimum absolute atomic E-state index is 0.132. The van der Waals surface area contributed by atoms with Crippen LogP contribution < -0.4 is 4.72 Å². The van der Waals surface area contributed by atoms with Crippen molar-refractivity contribution in [2.75, 3.05) is 6.61 Å². The highest BCUT2D eigenvalue weighted by Gasteiger charge is 2.18. The molecule has 0 aliphatic carbocycles. The Hall–Kier alpha value is -2.18. The van der Waals surface area contributed by atoms with Crippen molar-refractivity contribution in [3.63, 3.8) is 0 Å². The lowest BCUT2D eigenvalue weighted by Crippen LogP contribution is -2.33. The van der Waals surface area contributed by atoms with E-state index < -0.39 is 16.0 Å².